The zero-order valence-electron chi connectivity index (χ0n) is 10.9. The van der Waals surface area contributed by atoms with Gasteiger partial charge in [0.25, 0.3) is 0 Å². The largest absolute Gasteiger partial charge is 0.338 e. The van der Waals surface area contributed by atoms with Crippen molar-refractivity contribution >= 4 is 5.91 Å². The van der Waals surface area contributed by atoms with Gasteiger partial charge in [0.2, 0.25) is 5.91 Å². The number of alkyl halides is 2. The number of likely N-dealkylation sites (N-methyl/N-ethyl adjacent to an activating group) is 1. The SMILES string of the molecule is C=C(/C=C1\N(N)CC(=O)N(C)CC1(F)F)C(C)C. The van der Waals surface area contributed by atoms with Crippen LogP contribution in [-0.2, 0) is 4.79 Å². The van der Waals surface area contributed by atoms with Crippen molar-refractivity contribution in [2.75, 3.05) is 20.1 Å². The second-order valence-corrected chi connectivity index (χ2v) is 4.84. The Balaban J connectivity index is 3.13. The molecule has 0 radical (unpaired) electrons. The van der Waals surface area contributed by atoms with Crippen molar-refractivity contribution in [2.24, 2.45) is 11.8 Å². The van der Waals surface area contributed by atoms with Crippen LogP contribution in [-0.4, -0.2) is 41.9 Å². The molecule has 2 N–H and O–H groups in total. The second kappa shape index (κ2) is 5.06. The molecule has 0 atom stereocenters. The summed E-state index contributed by atoms with van der Waals surface area (Å²) in [5.41, 5.74) is 0.191. The highest BCUT2D eigenvalue weighted by atomic mass is 19.3. The summed E-state index contributed by atoms with van der Waals surface area (Å²) in [5, 5.41) is 0.805. The molecule has 1 fully saturated rings. The van der Waals surface area contributed by atoms with E-state index in [0.29, 0.717) is 5.57 Å². The van der Waals surface area contributed by atoms with Crippen LogP contribution < -0.4 is 5.84 Å². The first-order valence-corrected chi connectivity index (χ1v) is 5.70. The lowest BCUT2D eigenvalue weighted by molar-refractivity contribution is -0.131. The minimum absolute atomic E-state index is 0.0402. The van der Waals surface area contributed by atoms with Crippen LogP contribution in [0.25, 0.3) is 0 Å². The molecule has 0 spiro atoms. The van der Waals surface area contributed by atoms with Crippen LogP contribution in [0.3, 0.4) is 0 Å². The van der Waals surface area contributed by atoms with Crippen molar-refractivity contribution in [1.82, 2.24) is 9.91 Å². The molecule has 0 bridgehead atoms. The molecule has 1 amide bonds. The van der Waals surface area contributed by atoms with Gasteiger partial charge in [-0.1, -0.05) is 26.0 Å². The molecule has 4 nitrogen and oxygen atoms in total. The molecular weight excluding hydrogens is 240 g/mol. The Kier molecular flexibility index (Phi) is 4.11. The maximum atomic E-state index is 14.0. The number of nitrogens with two attached hydrogens (primary N) is 1. The van der Waals surface area contributed by atoms with Crippen LogP contribution in [0.4, 0.5) is 8.78 Å². The van der Waals surface area contributed by atoms with Gasteiger partial charge < -0.3 is 4.90 Å². The van der Waals surface area contributed by atoms with Gasteiger partial charge in [-0.3, -0.25) is 9.80 Å². The van der Waals surface area contributed by atoms with Gasteiger partial charge in [0.1, 0.15) is 12.2 Å². The number of hydrogen-bond acceptors (Lipinski definition) is 3. The molecule has 1 heterocycles. The van der Waals surface area contributed by atoms with E-state index < -0.39 is 18.4 Å². The molecule has 102 valence electrons. The molecule has 0 aromatic rings. The number of hydrogen-bond donors (Lipinski definition) is 1. The van der Waals surface area contributed by atoms with Gasteiger partial charge in [-0.25, -0.2) is 5.84 Å². The van der Waals surface area contributed by atoms with Crippen LogP contribution in [0.2, 0.25) is 0 Å². The van der Waals surface area contributed by atoms with Gasteiger partial charge in [-0.05, 0) is 12.0 Å². The number of hydrazine groups is 1. The van der Waals surface area contributed by atoms with Crippen LogP contribution in [0.5, 0.6) is 0 Å². The molecule has 1 aliphatic rings. The van der Waals surface area contributed by atoms with E-state index in [0.717, 1.165) is 9.91 Å². The zero-order valence-corrected chi connectivity index (χ0v) is 10.9. The number of carbonyl (C=O) groups excluding carboxylic acids is 1. The van der Waals surface area contributed by atoms with E-state index >= 15 is 0 Å². The van der Waals surface area contributed by atoms with Gasteiger partial charge in [-0.15, -0.1) is 0 Å². The van der Waals surface area contributed by atoms with E-state index in [9.17, 15) is 13.6 Å². The third-order valence-corrected chi connectivity index (χ3v) is 2.91. The van der Waals surface area contributed by atoms with E-state index in [1.54, 1.807) is 0 Å². The van der Waals surface area contributed by atoms with Gasteiger partial charge in [0.05, 0.1) is 6.54 Å². The molecule has 1 saturated heterocycles. The van der Waals surface area contributed by atoms with Crippen LogP contribution >= 0.6 is 0 Å². The molecule has 0 unspecified atom stereocenters. The molecule has 0 saturated carbocycles. The highest BCUT2D eigenvalue weighted by Crippen LogP contribution is 2.30. The normalized spacial score (nSPS) is 22.6. The summed E-state index contributed by atoms with van der Waals surface area (Å²) in [5.74, 6) is 1.98. The molecule has 18 heavy (non-hydrogen) atoms. The summed E-state index contributed by atoms with van der Waals surface area (Å²) in [6, 6.07) is 0. The minimum Gasteiger partial charge on any atom is -0.338 e. The van der Waals surface area contributed by atoms with Gasteiger partial charge >= 0.3 is 5.92 Å². The molecular formula is C12H19F2N3O. The molecule has 0 aromatic heterocycles. The van der Waals surface area contributed by atoms with Crippen molar-refractivity contribution in [3.05, 3.63) is 23.9 Å². The van der Waals surface area contributed by atoms with E-state index in [2.05, 4.69) is 6.58 Å². The number of amides is 1. The summed E-state index contributed by atoms with van der Waals surface area (Å²) < 4.78 is 28.0. The zero-order chi connectivity index (χ0) is 14.1. The first kappa shape index (κ1) is 14.6. The van der Waals surface area contributed by atoms with E-state index in [1.807, 2.05) is 13.8 Å². The lowest BCUT2D eigenvalue weighted by Crippen LogP contribution is -2.40. The van der Waals surface area contributed by atoms with Crippen LogP contribution in [0.1, 0.15) is 13.8 Å². The smallest absolute Gasteiger partial charge is 0.305 e. The van der Waals surface area contributed by atoms with Crippen LogP contribution in [0, 0.1) is 5.92 Å². The van der Waals surface area contributed by atoms with E-state index in [-0.39, 0.29) is 18.2 Å². The number of rotatable bonds is 2. The van der Waals surface area contributed by atoms with E-state index in [4.69, 9.17) is 5.84 Å². The maximum Gasteiger partial charge on any atom is 0.305 e. The topological polar surface area (TPSA) is 49.6 Å². The van der Waals surface area contributed by atoms with Crippen molar-refractivity contribution in [3.8, 4) is 0 Å². The molecule has 6 heteroatoms. The predicted molar refractivity (Wildman–Crippen MR) is 65.5 cm³/mol. The Morgan fingerprint density at radius 3 is 2.61 bits per heavy atom. The van der Waals surface area contributed by atoms with Gasteiger partial charge in [0, 0.05) is 7.05 Å². The summed E-state index contributed by atoms with van der Waals surface area (Å²) in [6.45, 7) is 6.50. The quantitative estimate of drug-likeness (QED) is 0.762. The second-order valence-electron chi connectivity index (χ2n) is 4.84. The monoisotopic (exact) mass is 259 g/mol. The summed E-state index contributed by atoms with van der Waals surface area (Å²) in [7, 11) is 1.34. The molecule has 1 rings (SSSR count). The average molecular weight is 259 g/mol. The Labute approximate surface area is 106 Å². The number of allylic oxidation sites excluding steroid dienone is 2. The van der Waals surface area contributed by atoms with Crippen molar-refractivity contribution in [1.29, 1.82) is 0 Å². The fraction of sp³-hybridized carbons (Fsp3) is 0.583. The highest BCUT2D eigenvalue weighted by molar-refractivity contribution is 5.78. The van der Waals surface area contributed by atoms with Crippen molar-refractivity contribution < 1.29 is 13.6 Å². The Morgan fingerprint density at radius 2 is 2.11 bits per heavy atom. The molecule has 0 aliphatic carbocycles. The molecule has 0 aromatic carbocycles. The number of nitrogens with zero attached hydrogens (tertiary/aromatic N) is 2. The fourth-order valence-corrected chi connectivity index (χ4v) is 1.56. The average Bonchev–Trinajstić information content (AvgIpc) is 2.28. The lowest BCUT2D eigenvalue weighted by atomic mass is 10.0. The first-order valence-electron chi connectivity index (χ1n) is 5.70. The summed E-state index contributed by atoms with van der Waals surface area (Å²) in [4.78, 5) is 12.5. The van der Waals surface area contributed by atoms with Gasteiger partial charge in [0.15, 0.2) is 0 Å². The van der Waals surface area contributed by atoms with Crippen molar-refractivity contribution in [3.63, 3.8) is 0 Å². The summed E-state index contributed by atoms with van der Waals surface area (Å²) in [6.07, 6.45) is 1.27. The number of halogens is 2. The van der Waals surface area contributed by atoms with E-state index in [1.165, 1.54) is 13.1 Å². The van der Waals surface area contributed by atoms with Gasteiger partial charge in [-0.2, -0.15) is 8.78 Å². The Hall–Kier alpha value is -1.43. The fourth-order valence-electron chi connectivity index (χ4n) is 1.56. The van der Waals surface area contributed by atoms with Crippen molar-refractivity contribution in [2.45, 2.75) is 19.8 Å². The van der Waals surface area contributed by atoms with Crippen LogP contribution in [0.15, 0.2) is 23.9 Å². The predicted octanol–water partition coefficient (Wildman–Crippen LogP) is 1.37. The Morgan fingerprint density at radius 1 is 1.56 bits per heavy atom. The minimum atomic E-state index is -3.17. The third-order valence-electron chi connectivity index (χ3n) is 2.91. The first-order chi connectivity index (χ1) is 8.15. The lowest BCUT2D eigenvalue weighted by Gasteiger charge is -2.25. The molecule has 1 aliphatic heterocycles. The maximum absolute atomic E-state index is 14.0. The third kappa shape index (κ3) is 3.07. The number of carbonyl (C=O) groups is 1. The highest BCUT2D eigenvalue weighted by Gasteiger charge is 2.42. The Bertz CT molecular complexity index is 391. The standard InChI is InChI=1S/C12H19F2N3O/c1-8(2)9(3)5-10-12(13,14)7-16(4)11(18)6-17(10)15/h5,8H,3,6-7,15H2,1-2,4H3/b10-5-. The summed E-state index contributed by atoms with van der Waals surface area (Å²) >= 11 is 0.